The lowest BCUT2D eigenvalue weighted by Crippen LogP contribution is -2.22. The molecule has 1 amide bonds. The average Bonchev–Trinajstić information content (AvgIpc) is 2.62. The highest BCUT2D eigenvalue weighted by Gasteiger charge is 2.11. The molecule has 0 radical (unpaired) electrons. The van der Waals surface area contributed by atoms with Crippen LogP contribution in [0.25, 0.3) is 0 Å². The molecule has 0 saturated carbocycles. The van der Waals surface area contributed by atoms with E-state index in [0.29, 0.717) is 10.8 Å². The van der Waals surface area contributed by atoms with Gasteiger partial charge in [0.2, 0.25) is 0 Å². The van der Waals surface area contributed by atoms with Crippen molar-refractivity contribution in [2.24, 2.45) is 0 Å². The van der Waals surface area contributed by atoms with Crippen molar-refractivity contribution in [1.29, 1.82) is 5.26 Å². The van der Waals surface area contributed by atoms with Crippen molar-refractivity contribution in [3.05, 3.63) is 58.6 Å². The molecule has 0 bridgehead atoms. The van der Waals surface area contributed by atoms with Crippen molar-refractivity contribution in [2.45, 2.75) is 13.3 Å². The predicted octanol–water partition coefficient (Wildman–Crippen LogP) is 3.47. The fourth-order valence-electron chi connectivity index (χ4n) is 2.08. The van der Waals surface area contributed by atoms with Gasteiger partial charge in [-0.25, -0.2) is 0 Å². The molecule has 0 aliphatic heterocycles. The number of para-hydroxylation sites is 1. The molecule has 0 aliphatic carbocycles. The summed E-state index contributed by atoms with van der Waals surface area (Å²) in [6.07, 6.45) is 0.0161. The second kappa shape index (κ2) is 9.44. The summed E-state index contributed by atoms with van der Waals surface area (Å²) >= 11 is 5.84. The highest BCUT2D eigenvalue weighted by Crippen LogP contribution is 2.20. The summed E-state index contributed by atoms with van der Waals surface area (Å²) in [7, 11) is 0. The number of halogens is 1. The maximum atomic E-state index is 11.9. The number of carbonyl (C=O) groups is 2. The van der Waals surface area contributed by atoms with Gasteiger partial charge < -0.3 is 14.8 Å². The van der Waals surface area contributed by atoms with Crippen molar-refractivity contribution in [3.63, 3.8) is 0 Å². The number of nitriles is 1. The van der Waals surface area contributed by atoms with Crippen LogP contribution in [0.3, 0.4) is 0 Å². The van der Waals surface area contributed by atoms with Crippen LogP contribution in [0, 0.1) is 18.3 Å². The van der Waals surface area contributed by atoms with E-state index in [1.165, 1.54) is 12.1 Å². The van der Waals surface area contributed by atoms with E-state index < -0.39 is 18.5 Å². The van der Waals surface area contributed by atoms with Crippen LogP contribution in [-0.4, -0.2) is 25.1 Å². The highest BCUT2D eigenvalue weighted by atomic mass is 35.5. The molecule has 1 N–H and O–H groups in total. The number of anilines is 1. The molecule has 0 heterocycles. The Labute approximate surface area is 156 Å². The minimum Gasteiger partial charge on any atom is -0.493 e. The number of nitrogens with zero attached hydrogens (tertiary/aromatic N) is 1. The Kier molecular flexibility index (Phi) is 7.01. The zero-order valence-electron chi connectivity index (χ0n) is 14.1. The fourth-order valence-corrected chi connectivity index (χ4v) is 2.26. The number of benzene rings is 2. The molecule has 0 fully saturated rings. The van der Waals surface area contributed by atoms with E-state index in [1.807, 2.05) is 37.3 Å². The Bertz CT molecular complexity index is 846. The number of hydrogen-bond donors (Lipinski definition) is 1. The number of nitrogens with one attached hydrogen (secondary N) is 1. The summed E-state index contributed by atoms with van der Waals surface area (Å²) in [5.41, 5.74) is 1.50. The molecular weight excluding hydrogens is 356 g/mol. The summed E-state index contributed by atoms with van der Waals surface area (Å²) in [6.45, 7) is 1.60. The van der Waals surface area contributed by atoms with Gasteiger partial charge in [-0.3, -0.25) is 9.59 Å². The number of carbonyl (C=O) groups excluding carboxylic acids is 2. The predicted molar refractivity (Wildman–Crippen MR) is 97.0 cm³/mol. The monoisotopic (exact) mass is 372 g/mol. The lowest BCUT2D eigenvalue weighted by molar-refractivity contribution is -0.147. The van der Waals surface area contributed by atoms with Crippen molar-refractivity contribution in [1.82, 2.24) is 0 Å². The molecule has 134 valence electrons. The third kappa shape index (κ3) is 5.80. The van der Waals surface area contributed by atoms with E-state index in [2.05, 4.69) is 5.32 Å². The van der Waals surface area contributed by atoms with Gasteiger partial charge in [-0.1, -0.05) is 29.8 Å². The summed E-state index contributed by atoms with van der Waals surface area (Å²) in [6, 6.07) is 13.9. The topological polar surface area (TPSA) is 88.4 Å². The van der Waals surface area contributed by atoms with E-state index in [9.17, 15) is 9.59 Å². The minimum atomic E-state index is -0.558. The Morgan fingerprint density at radius 3 is 2.73 bits per heavy atom. The molecule has 26 heavy (non-hydrogen) atoms. The largest absolute Gasteiger partial charge is 0.493 e. The SMILES string of the molecule is Cc1ccccc1OCCC(=O)OCC(=O)Nc1cc(Cl)ccc1C#N. The summed E-state index contributed by atoms with van der Waals surface area (Å²) in [5, 5.41) is 11.9. The maximum Gasteiger partial charge on any atom is 0.309 e. The number of ether oxygens (including phenoxy) is 2. The van der Waals surface area contributed by atoms with Crippen LogP contribution in [0.4, 0.5) is 5.69 Å². The van der Waals surface area contributed by atoms with Crippen LogP contribution >= 0.6 is 11.6 Å². The van der Waals surface area contributed by atoms with Crippen LogP contribution in [0.2, 0.25) is 5.02 Å². The molecule has 0 aliphatic rings. The van der Waals surface area contributed by atoms with Gasteiger partial charge in [-0.2, -0.15) is 5.26 Å². The van der Waals surface area contributed by atoms with Gasteiger partial charge in [0.25, 0.3) is 5.91 Å². The van der Waals surface area contributed by atoms with Crippen LogP contribution in [0.1, 0.15) is 17.5 Å². The van der Waals surface area contributed by atoms with Gasteiger partial charge in [-0.05, 0) is 36.8 Å². The Hall–Kier alpha value is -3.04. The molecule has 0 saturated heterocycles. The van der Waals surface area contributed by atoms with Gasteiger partial charge in [-0.15, -0.1) is 0 Å². The molecule has 2 aromatic rings. The number of hydrogen-bond acceptors (Lipinski definition) is 5. The number of esters is 1. The van der Waals surface area contributed by atoms with Crippen molar-refractivity contribution >= 4 is 29.2 Å². The zero-order valence-corrected chi connectivity index (χ0v) is 14.9. The summed E-state index contributed by atoms with van der Waals surface area (Å²) in [5.74, 6) is -0.416. The van der Waals surface area contributed by atoms with Crippen molar-refractivity contribution in [2.75, 3.05) is 18.5 Å². The van der Waals surface area contributed by atoms with E-state index in [0.717, 1.165) is 5.56 Å². The highest BCUT2D eigenvalue weighted by molar-refractivity contribution is 6.31. The number of rotatable bonds is 7. The number of amides is 1. The zero-order chi connectivity index (χ0) is 18.9. The Morgan fingerprint density at radius 2 is 2.00 bits per heavy atom. The maximum absolute atomic E-state index is 11.9. The molecule has 0 spiro atoms. The first-order chi connectivity index (χ1) is 12.5. The summed E-state index contributed by atoms with van der Waals surface area (Å²) < 4.78 is 10.4. The molecule has 2 aromatic carbocycles. The Balaban J connectivity index is 1.75. The second-order valence-corrected chi connectivity index (χ2v) is 5.81. The van der Waals surface area contributed by atoms with Crippen molar-refractivity contribution < 1.29 is 19.1 Å². The lowest BCUT2D eigenvalue weighted by Gasteiger charge is -2.10. The summed E-state index contributed by atoms with van der Waals surface area (Å²) in [4.78, 5) is 23.6. The van der Waals surface area contributed by atoms with E-state index >= 15 is 0 Å². The molecular formula is C19H17ClN2O4. The van der Waals surface area contributed by atoms with Crippen LogP contribution < -0.4 is 10.1 Å². The third-order valence-corrected chi connectivity index (χ3v) is 3.63. The smallest absolute Gasteiger partial charge is 0.309 e. The van der Waals surface area contributed by atoms with Crippen LogP contribution in [0.5, 0.6) is 5.75 Å². The fraction of sp³-hybridized carbons (Fsp3) is 0.211. The standard InChI is InChI=1S/C19H17ClN2O4/c1-13-4-2-3-5-17(13)25-9-8-19(24)26-12-18(23)22-16-10-15(20)7-6-14(16)11-21/h2-7,10H,8-9,12H2,1H3,(H,22,23). The lowest BCUT2D eigenvalue weighted by atomic mass is 10.2. The van der Waals surface area contributed by atoms with Crippen LogP contribution in [-0.2, 0) is 14.3 Å². The van der Waals surface area contributed by atoms with E-state index in [1.54, 1.807) is 6.07 Å². The first-order valence-corrected chi connectivity index (χ1v) is 8.21. The quantitative estimate of drug-likeness (QED) is 0.752. The third-order valence-electron chi connectivity index (χ3n) is 3.40. The first kappa shape index (κ1) is 19.3. The molecule has 0 unspecified atom stereocenters. The van der Waals surface area contributed by atoms with Gasteiger partial charge in [0, 0.05) is 5.02 Å². The van der Waals surface area contributed by atoms with Crippen molar-refractivity contribution in [3.8, 4) is 11.8 Å². The molecule has 2 rings (SSSR count). The number of aryl methyl sites for hydroxylation is 1. The first-order valence-electron chi connectivity index (χ1n) is 7.83. The van der Waals surface area contributed by atoms with Gasteiger partial charge >= 0.3 is 5.97 Å². The van der Waals surface area contributed by atoms with E-state index in [-0.39, 0.29) is 24.3 Å². The molecule has 0 atom stereocenters. The second-order valence-electron chi connectivity index (χ2n) is 5.37. The Morgan fingerprint density at radius 1 is 1.23 bits per heavy atom. The molecule has 0 aromatic heterocycles. The van der Waals surface area contributed by atoms with Gasteiger partial charge in [0.05, 0.1) is 24.3 Å². The van der Waals surface area contributed by atoms with Gasteiger partial charge in [0.15, 0.2) is 6.61 Å². The van der Waals surface area contributed by atoms with Gasteiger partial charge in [0.1, 0.15) is 11.8 Å². The van der Waals surface area contributed by atoms with E-state index in [4.69, 9.17) is 26.3 Å². The minimum absolute atomic E-state index is 0.0161. The molecule has 7 heteroatoms. The van der Waals surface area contributed by atoms with Crippen LogP contribution in [0.15, 0.2) is 42.5 Å². The molecule has 6 nitrogen and oxygen atoms in total. The normalized spacial score (nSPS) is 9.88. The average molecular weight is 373 g/mol.